The number of aliphatic imine (C=N–C) groups is 1. The number of nitrogens with one attached hydrogen (secondary N) is 1. The SMILES string of the molecule is CC1(C)C(=O)N(c2ccc(OC(F)(F)F)cc2)C(=O)N1Cc1ccnc2ccccc12.CC1(C)C(=S)N(c2ccc(OC(F)(F)F)cc2)C(=O)N1Cc1ccnc2ccccc12.CC1CCCO1.COC(=O)C(C)(C)NCc1ccnc2ccccc12.Nc1ccc(OC(F)(F)F)cc1.O=CC=Nc1ccc(OC(F)(F)F)cc1. The van der Waals surface area contributed by atoms with E-state index in [9.17, 15) is 76.7 Å². The van der Waals surface area contributed by atoms with Gasteiger partial charge >= 0.3 is 43.5 Å². The maximum atomic E-state index is 13.3. The van der Waals surface area contributed by atoms with Crippen molar-refractivity contribution in [1.82, 2.24) is 30.1 Å². The van der Waals surface area contributed by atoms with Gasteiger partial charge in [-0.25, -0.2) is 14.5 Å². The zero-order chi connectivity index (χ0) is 83.6. The fourth-order valence-electron chi connectivity index (χ4n) is 11.4. The van der Waals surface area contributed by atoms with Gasteiger partial charge in [0.25, 0.3) is 5.91 Å². The largest absolute Gasteiger partial charge is 0.573 e. The van der Waals surface area contributed by atoms with Crippen LogP contribution in [0.5, 0.6) is 23.0 Å². The number of ether oxygens (including phenoxy) is 6. The molecule has 34 heteroatoms. The number of para-hydroxylation sites is 3. The molecule has 0 spiro atoms. The number of imide groups is 1. The standard InChI is InChI=1S/C22H18F3N3O3.C22H18F3N3O2S.C15H18N2O2.C9H6F3NO2.C7H6F3NO.C5H10O/c1-21(2)19(29)28(15-7-9-16(10-8-15)31-22(23,24)25)20(30)27(21)13-14-11-12-26-18-6-4-3-5-17(14)18;1-21(2)19(31)28(15-7-9-16(10-8-15)30-22(23,24)25)20(29)27(21)13-14-11-12-26-18-6-4-3-5-17(14)18;1-15(2,14(18)19-3)17-10-11-8-9-16-13-7-5-4-6-12(11)13;10-9(11,12)15-8-3-1-7(2-4-8)13-5-6-14;8-7(9,10)12-6-3-1-5(11)2-4-6;1-5-3-2-4-6-5/h2*3-12H,13H2,1-2H3;4-9,17H,10H2,1-3H3;1-6H;1-4H,11H2;5H,2-4H2,1H3. The quantitative estimate of drug-likeness (QED) is 0.0174. The Labute approximate surface area is 651 Å². The first-order valence-corrected chi connectivity index (χ1v) is 34.9. The first-order valence-electron chi connectivity index (χ1n) is 34.5. The van der Waals surface area contributed by atoms with Gasteiger partial charge in [0.2, 0.25) is 0 Å². The Hall–Kier alpha value is -12.0. The van der Waals surface area contributed by atoms with Gasteiger partial charge in [-0.3, -0.25) is 44.5 Å². The molecule has 10 aromatic rings. The van der Waals surface area contributed by atoms with Gasteiger partial charge in [0.1, 0.15) is 39.1 Å². The number of urea groups is 2. The van der Waals surface area contributed by atoms with Crippen LogP contribution in [0.15, 0.2) is 212 Å². The highest BCUT2D eigenvalue weighted by Gasteiger charge is 2.52. The van der Waals surface area contributed by atoms with E-state index in [4.69, 9.17) is 27.4 Å². The normalized spacial score (nSPS) is 15.3. The van der Waals surface area contributed by atoms with Crippen molar-refractivity contribution in [2.75, 3.05) is 29.3 Å². The number of pyridine rings is 3. The Morgan fingerprint density at radius 1 is 0.553 bits per heavy atom. The molecule has 1 unspecified atom stereocenters. The molecule has 5 amide bonds. The molecule has 3 aliphatic heterocycles. The van der Waals surface area contributed by atoms with Crippen molar-refractivity contribution in [1.29, 1.82) is 0 Å². The zero-order valence-electron chi connectivity index (χ0n) is 62.2. The van der Waals surface area contributed by atoms with Crippen LogP contribution in [0.2, 0.25) is 0 Å². The van der Waals surface area contributed by atoms with Gasteiger partial charge in [-0.15, -0.1) is 52.7 Å². The van der Waals surface area contributed by atoms with Crippen LogP contribution in [0.3, 0.4) is 0 Å². The number of methoxy groups -OCH3 is 1. The van der Waals surface area contributed by atoms with Gasteiger partial charge in [-0.1, -0.05) is 66.8 Å². The molecule has 3 aromatic heterocycles. The minimum atomic E-state index is -4.83. The summed E-state index contributed by atoms with van der Waals surface area (Å²) in [4.78, 5) is 83.5. The Kier molecular flexibility index (Phi) is 28.8. The maximum Gasteiger partial charge on any atom is 0.573 e. The van der Waals surface area contributed by atoms with Crippen molar-refractivity contribution in [3.05, 3.63) is 223 Å². The number of aldehydes is 1. The predicted octanol–water partition coefficient (Wildman–Crippen LogP) is 18.7. The van der Waals surface area contributed by atoms with E-state index < -0.39 is 59.8 Å². The first-order chi connectivity index (χ1) is 53.6. The number of fused-ring (bicyclic) bond motifs is 3. The molecule has 3 N–H and O–H groups in total. The predicted molar refractivity (Wildman–Crippen MR) is 407 cm³/mol. The Morgan fingerprint density at radius 3 is 1.30 bits per heavy atom. The zero-order valence-corrected chi connectivity index (χ0v) is 63.0. The Morgan fingerprint density at radius 2 is 0.921 bits per heavy atom. The summed E-state index contributed by atoms with van der Waals surface area (Å²) in [6.07, 6.45) is -9.29. The summed E-state index contributed by atoms with van der Waals surface area (Å²) in [5.41, 5.74) is 9.34. The molecule has 3 aliphatic rings. The molecule has 21 nitrogen and oxygen atoms in total. The van der Waals surface area contributed by atoms with E-state index >= 15 is 0 Å². The number of hydrogen-bond acceptors (Lipinski definition) is 18. The van der Waals surface area contributed by atoms with Gasteiger partial charge < -0.3 is 44.0 Å². The lowest BCUT2D eigenvalue weighted by Crippen LogP contribution is -2.46. The molecule has 114 heavy (non-hydrogen) atoms. The number of halogens is 12. The molecule has 7 aromatic carbocycles. The number of aromatic nitrogens is 3. The summed E-state index contributed by atoms with van der Waals surface area (Å²) in [5, 5.41) is 6.12. The third-order valence-electron chi connectivity index (χ3n) is 17.2. The van der Waals surface area contributed by atoms with Crippen molar-refractivity contribution in [3.8, 4) is 23.0 Å². The molecule has 1 atom stereocenters. The number of rotatable bonds is 16. The summed E-state index contributed by atoms with van der Waals surface area (Å²) < 4.78 is 169. The number of nitrogen functional groups attached to an aromatic ring is 1. The maximum absolute atomic E-state index is 13.3. The van der Waals surface area contributed by atoms with Crippen LogP contribution in [0.4, 0.5) is 85.0 Å². The van der Waals surface area contributed by atoms with Gasteiger partial charge in [-0.2, -0.15) is 0 Å². The molecule has 0 bridgehead atoms. The summed E-state index contributed by atoms with van der Waals surface area (Å²) in [7, 11) is 1.40. The van der Waals surface area contributed by atoms with E-state index in [1.54, 1.807) is 43.4 Å². The first kappa shape index (κ1) is 87.5. The van der Waals surface area contributed by atoms with Crippen molar-refractivity contribution in [2.24, 2.45) is 4.99 Å². The van der Waals surface area contributed by atoms with Crippen LogP contribution < -0.4 is 39.8 Å². The lowest BCUT2D eigenvalue weighted by molar-refractivity contribution is -0.275. The molecule has 6 heterocycles. The topological polar surface area (TPSA) is 243 Å². The van der Waals surface area contributed by atoms with E-state index in [2.05, 4.69) is 51.1 Å². The molecular weight excluding hydrogens is 1540 g/mol. The van der Waals surface area contributed by atoms with Gasteiger partial charge in [0.05, 0.1) is 58.6 Å². The van der Waals surface area contributed by atoms with Crippen LogP contribution in [0.1, 0.15) is 78.0 Å². The second-order valence-corrected chi connectivity index (χ2v) is 26.9. The van der Waals surface area contributed by atoms with Crippen molar-refractivity contribution >= 4 is 109 Å². The van der Waals surface area contributed by atoms with Crippen molar-refractivity contribution in [2.45, 2.75) is 129 Å². The molecule has 3 saturated heterocycles. The summed E-state index contributed by atoms with van der Waals surface area (Å²) in [6, 6.07) is 47.3. The number of nitrogens with zero attached hydrogens (tertiary/aromatic N) is 8. The Balaban J connectivity index is 0.000000182. The number of carbonyl (C=O) groups is 5. The highest BCUT2D eigenvalue weighted by atomic mass is 32.1. The lowest BCUT2D eigenvalue weighted by Gasteiger charge is -2.29. The molecule has 0 aliphatic carbocycles. The fourth-order valence-corrected chi connectivity index (χ4v) is 11.7. The molecule has 3 fully saturated rings. The van der Waals surface area contributed by atoms with Gasteiger partial charge in [0.15, 0.2) is 6.29 Å². The van der Waals surface area contributed by atoms with Crippen LogP contribution in [0, 0.1) is 0 Å². The van der Waals surface area contributed by atoms with Crippen LogP contribution >= 0.6 is 12.2 Å². The number of anilines is 3. The van der Waals surface area contributed by atoms with E-state index in [0.29, 0.717) is 47.5 Å². The fraction of sp³-hybridized carbons (Fsp3) is 0.275. The number of thiocarbonyl (C=S) groups is 1. The van der Waals surface area contributed by atoms with Gasteiger partial charge in [-0.05, 0) is 211 Å². The van der Waals surface area contributed by atoms with E-state index in [1.165, 1.54) is 78.3 Å². The lowest BCUT2D eigenvalue weighted by atomic mass is 10.0. The van der Waals surface area contributed by atoms with Crippen LogP contribution in [-0.4, -0.2) is 128 Å². The number of nitrogens with two attached hydrogens (primary N) is 1. The van der Waals surface area contributed by atoms with Crippen LogP contribution in [-0.2, 0) is 43.5 Å². The monoisotopic (exact) mass is 1610 g/mol. The molecule has 602 valence electrons. The number of hydrogen-bond donors (Lipinski definition) is 2. The second kappa shape index (κ2) is 37.5. The van der Waals surface area contributed by atoms with E-state index in [0.717, 1.165) is 116 Å². The third-order valence-corrected chi connectivity index (χ3v) is 17.9. The van der Waals surface area contributed by atoms with Crippen molar-refractivity contribution < 1.29 is 105 Å². The highest BCUT2D eigenvalue weighted by molar-refractivity contribution is 7.81. The van der Waals surface area contributed by atoms with E-state index in [1.807, 2.05) is 113 Å². The average Bonchev–Trinajstić information content (AvgIpc) is 1.60. The van der Waals surface area contributed by atoms with Gasteiger partial charge in [0, 0.05) is 66.7 Å². The smallest absolute Gasteiger partial charge is 0.468 e. The summed E-state index contributed by atoms with van der Waals surface area (Å²) >= 11 is 5.59. The summed E-state index contributed by atoms with van der Waals surface area (Å²) in [6.45, 7) is 14.8. The summed E-state index contributed by atoms with van der Waals surface area (Å²) in [5.74, 6) is -2.14. The van der Waals surface area contributed by atoms with Crippen molar-refractivity contribution in [3.63, 3.8) is 0 Å². The minimum absolute atomic E-state index is 0.166. The minimum Gasteiger partial charge on any atom is -0.468 e. The number of alkyl halides is 12. The molecular formula is C80H76F12N10O11S. The molecule has 0 saturated carbocycles. The number of esters is 1. The number of amides is 5. The van der Waals surface area contributed by atoms with E-state index in [-0.39, 0.29) is 41.5 Å². The third kappa shape index (κ3) is 24.5. The average molecular weight is 1610 g/mol. The number of benzene rings is 7. The molecule has 0 radical (unpaired) electrons. The number of carbonyl (C=O) groups excluding carboxylic acids is 5. The highest BCUT2D eigenvalue weighted by Crippen LogP contribution is 2.39. The second-order valence-electron chi connectivity index (χ2n) is 26.5. The molecule has 13 rings (SSSR count). The van der Waals surface area contributed by atoms with Crippen LogP contribution in [0.25, 0.3) is 32.7 Å². The Bertz CT molecular complexity index is 4790.